The summed E-state index contributed by atoms with van der Waals surface area (Å²) in [4.78, 5) is 26.5. The summed E-state index contributed by atoms with van der Waals surface area (Å²) < 4.78 is 20.9. The molecule has 3 rings (SSSR count). The maximum absolute atomic E-state index is 13.0. The first kappa shape index (κ1) is 19.3. The zero-order valence-electron chi connectivity index (χ0n) is 16.1. The Balaban J connectivity index is 1.92. The molecule has 0 saturated heterocycles. The van der Waals surface area contributed by atoms with Crippen molar-refractivity contribution in [2.75, 3.05) is 28.4 Å². The second-order valence-corrected chi connectivity index (χ2v) is 6.19. The number of hydrogen-bond donors (Lipinski definition) is 0. The summed E-state index contributed by atoms with van der Waals surface area (Å²) in [5.74, 6) is 1.44. The van der Waals surface area contributed by atoms with Gasteiger partial charge in [-0.3, -0.25) is 4.79 Å². The second-order valence-electron chi connectivity index (χ2n) is 6.19. The van der Waals surface area contributed by atoms with Gasteiger partial charge in [0.1, 0.15) is 11.3 Å². The second kappa shape index (κ2) is 8.04. The summed E-state index contributed by atoms with van der Waals surface area (Å²) in [6.07, 6.45) is 0. The average Bonchev–Trinajstić information content (AvgIpc) is 2.71. The van der Waals surface area contributed by atoms with Crippen LogP contribution < -0.4 is 19.8 Å². The molecule has 7 nitrogen and oxygen atoms in total. The first-order valence-corrected chi connectivity index (χ1v) is 8.55. The Morgan fingerprint density at radius 1 is 0.964 bits per heavy atom. The summed E-state index contributed by atoms with van der Waals surface area (Å²) in [5.41, 5.74) is 0.845. The fraction of sp³-hybridized carbons (Fsp3) is 0.238. The van der Waals surface area contributed by atoms with Crippen LogP contribution in [0.1, 0.15) is 15.9 Å². The van der Waals surface area contributed by atoms with E-state index < -0.39 is 5.63 Å². The Morgan fingerprint density at radius 2 is 1.71 bits per heavy atom. The molecule has 0 saturated carbocycles. The van der Waals surface area contributed by atoms with E-state index in [2.05, 4.69) is 0 Å². The van der Waals surface area contributed by atoms with Gasteiger partial charge in [-0.1, -0.05) is 6.07 Å². The summed E-state index contributed by atoms with van der Waals surface area (Å²) in [5, 5.41) is 0.546. The molecule has 0 radical (unpaired) electrons. The van der Waals surface area contributed by atoms with Crippen LogP contribution in [0.15, 0.2) is 51.7 Å². The molecule has 1 aromatic heterocycles. The Morgan fingerprint density at radius 3 is 2.39 bits per heavy atom. The molecule has 0 N–H and O–H groups in total. The lowest BCUT2D eigenvalue weighted by molar-refractivity contribution is 0.0786. The van der Waals surface area contributed by atoms with Crippen LogP contribution in [0.2, 0.25) is 0 Å². The lowest BCUT2D eigenvalue weighted by atomic mass is 10.1. The van der Waals surface area contributed by atoms with Gasteiger partial charge < -0.3 is 23.5 Å². The fourth-order valence-corrected chi connectivity index (χ4v) is 2.98. The average molecular weight is 383 g/mol. The van der Waals surface area contributed by atoms with Crippen molar-refractivity contribution in [3.8, 4) is 17.2 Å². The highest BCUT2D eigenvalue weighted by Crippen LogP contribution is 2.28. The van der Waals surface area contributed by atoms with Crippen molar-refractivity contribution in [2.24, 2.45) is 0 Å². The van der Waals surface area contributed by atoms with Gasteiger partial charge in [-0.2, -0.15) is 0 Å². The third kappa shape index (κ3) is 3.78. The third-order valence-corrected chi connectivity index (χ3v) is 4.40. The molecule has 0 aliphatic carbocycles. The molecule has 0 atom stereocenters. The van der Waals surface area contributed by atoms with Crippen LogP contribution in [-0.4, -0.2) is 39.2 Å². The molecule has 3 aromatic rings. The van der Waals surface area contributed by atoms with Crippen molar-refractivity contribution in [3.63, 3.8) is 0 Å². The number of carbonyl (C=O) groups is 1. The molecule has 28 heavy (non-hydrogen) atoms. The van der Waals surface area contributed by atoms with Crippen molar-refractivity contribution in [1.82, 2.24) is 4.90 Å². The number of nitrogens with zero attached hydrogens (tertiary/aromatic N) is 1. The van der Waals surface area contributed by atoms with Gasteiger partial charge >= 0.3 is 5.63 Å². The molecule has 1 heterocycles. The largest absolute Gasteiger partial charge is 0.497 e. The monoisotopic (exact) mass is 383 g/mol. The quantitative estimate of drug-likeness (QED) is 0.609. The van der Waals surface area contributed by atoms with Gasteiger partial charge in [-0.05, 0) is 29.8 Å². The third-order valence-electron chi connectivity index (χ3n) is 4.40. The molecular formula is C21H21NO6. The smallest absolute Gasteiger partial charge is 0.337 e. The van der Waals surface area contributed by atoms with Gasteiger partial charge in [0.05, 0.1) is 26.9 Å². The minimum absolute atomic E-state index is 0.275. The van der Waals surface area contributed by atoms with Crippen LogP contribution in [0.3, 0.4) is 0 Å². The summed E-state index contributed by atoms with van der Waals surface area (Å²) in [7, 11) is 6.31. The number of hydrogen-bond acceptors (Lipinski definition) is 6. The highest BCUT2D eigenvalue weighted by atomic mass is 16.5. The Hall–Kier alpha value is -3.48. The normalized spacial score (nSPS) is 10.6. The van der Waals surface area contributed by atoms with E-state index in [4.69, 9.17) is 18.6 Å². The molecule has 2 aromatic carbocycles. The van der Waals surface area contributed by atoms with Gasteiger partial charge in [0, 0.05) is 31.1 Å². The maximum Gasteiger partial charge on any atom is 0.337 e. The number of benzene rings is 2. The van der Waals surface area contributed by atoms with Crippen molar-refractivity contribution in [3.05, 3.63) is 64.0 Å². The number of methoxy groups -OCH3 is 3. The van der Waals surface area contributed by atoms with Gasteiger partial charge in [-0.25, -0.2) is 4.79 Å². The topological polar surface area (TPSA) is 78.2 Å². The lowest BCUT2D eigenvalue weighted by Gasteiger charge is -2.19. The molecule has 0 spiro atoms. The molecule has 7 heteroatoms. The molecule has 146 valence electrons. The van der Waals surface area contributed by atoms with Crippen LogP contribution in [0.25, 0.3) is 11.0 Å². The van der Waals surface area contributed by atoms with Crippen LogP contribution >= 0.6 is 0 Å². The van der Waals surface area contributed by atoms with Crippen molar-refractivity contribution < 1.29 is 23.4 Å². The Labute approximate surface area is 162 Å². The Bertz CT molecular complexity index is 1070. The van der Waals surface area contributed by atoms with E-state index in [1.165, 1.54) is 18.1 Å². The molecule has 0 fully saturated rings. The number of ether oxygens (including phenoxy) is 3. The lowest BCUT2D eigenvalue weighted by Crippen LogP contribution is -2.27. The maximum atomic E-state index is 13.0. The molecule has 0 aliphatic heterocycles. The van der Waals surface area contributed by atoms with Gasteiger partial charge in [0.25, 0.3) is 5.91 Å². The van der Waals surface area contributed by atoms with E-state index in [-0.39, 0.29) is 11.5 Å². The minimum atomic E-state index is -0.594. The molecule has 0 unspecified atom stereocenters. The van der Waals surface area contributed by atoms with Gasteiger partial charge in [0.2, 0.25) is 0 Å². The van der Waals surface area contributed by atoms with E-state index in [0.717, 1.165) is 5.56 Å². The van der Waals surface area contributed by atoms with Crippen molar-refractivity contribution in [2.45, 2.75) is 6.54 Å². The van der Waals surface area contributed by atoms with Crippen molar-refractivity contribution in [1.29, 1.82) is 0 Å². The summed E-state index contributed by atoms with van der Waals surface area (Å²) in [6.45, 7) is 0.330. The van der Waals surface area contributed by atoms with Crippen LogP contribution in [-0.2, 0) is 6.54 Å². The molecule has 1 amide bonds. The number of fused-ring (bicyclic) bond motifs is 1. The van der Waals surface area contributed by atoms with Crippen molar-refractivity contribution >= 4 is 16.9 Å². The first-order chi connectivity index (χ1) is 13.5. The van der Waals surface area contributed by atoms with Gasteiger partial charge in [-0.15, -0.1) is 0 Å². The zero-order chi connectivity index (χ0) is 20.3. The number of amides is 1. The van der Waals surface area contributed by atoms with E-state index in [1.54, 1.807) is 45.5 Å². The predicted molar refractivity (Wildman–Crippen MR) is 104 cm³/mol. The van der Waals surface area contributed by atoms with Crippen LogP contribution in [0, 0.1) is 0 Å². The molecular weight excluding hydrogens is 362 g/mol. The minimum Gasteiger partial charge on any atom is -0.497 e. The number of carbonyl (C=O) groups excluding carboxylic acids is 1. The summed E-state index contributed by atoms with van der Waals surface area (Å²) in [6, 6.07) is 11.7. The molecule has 0 aliphatic rings. The summed E-state index contributed by atoms with van der Waals surface area (Å²) >= 11 is 0. The highest BCUT2D eigenvalue weighted by molar-refractivity contribution is 6.05. The van der Waals surface area contributed by atoms with Gasteiger partial charge in [0.15, 0.2) is 11.5 Å². The fourth-order valence-electron chi connectivity index (χ4n) is 2.98. The number of rotatable bonds is 6. The zero-order valence-corrected chi connectivity index (χ0v) is 16.1. The first-order valence-electron chi connectivity index (χ1n) is 8.55. The highest BCUT2D eigenvalue weighted by Gasteiger charge is 2.18. The van der Waals surface area contributed by atoms with E-state index in [1.807, 2.05) is 12.1 Å². The van der Waals surface area contributed by atoms with E-state index in [0.29, 0.717) is 34.8 Å². The molecule has 0 bridgehead atoms. The van der Waals surface area contributed by atoms with Crippen LogP contribution in [0.5, 0.6) is 17.2 Å². The van der Waals surface area contributed by atoms with E-state index >= 15 is 0 Å². The van der Waals surface area contributed by atoms with Crippen LogP contribution in [0.4, 0.5) is 0 Å². The Kier molecular flexibility index (Phi) is 5.54. The SMILES string of the molecule is COc1ccc2c(C(=O)N(C)Cc3ccc(OC)c(OC)c3)cc(=O)oc2c1. The van der Waals surface area contributed by atoms with E-state index in [9.17, 15) is 9.59 Å². The standard InChI is InChI=1S/C21H21NO6/c1-22(12-13-5-8-17(26-3)19(9-13)27-4)21(24)16-11-20(23)28-18-10-14(25-2)6-7-15(16)18/h5-11H,12H2,1-4H3. The predicted octanol–water partition coefficient (Wildman–Crippen LogP) is 3.09.